The lowest BCUT2D eigenvalue weighted by molar-refractivity contribution is -0.161. The van der Waals surface area contributed by atoms with E-state index in [1.807, 2.05) is 12.1 Å². The van der Waals surface area contributed by atoms with E-state index in [1.54, 1.807) is 55.3 Å². The summed E-state index contributed by atoms with van der Waals surface area (Å²) in [6.45, 7) is 2.55. The number of fused-ring (bicyclic) bond motifs is 2. The van der Waals surface area contributed by atoms with Gasteiger partial charge in [-0.15, -0.1) is 0 Å². The third-order valence-electron chi connectivity index (χ3n) is 7.38. The fraction of sp³-hybridized carbons (Fsp3) is 0.423. The molecule has 2 aliphatic heterocycles. The second kappa shape index (κ2) is 8.21. The van der Waals surface area contributed by atoms with Crippen molar-refractivity contribution in [2.24, 2.45) is 5.41 Å². The number of ether oxygens (including phenoxy) is 3. The molecule has 3 aliphatic rings. The van der Waals surface area contributed by atoms with Gasteiger partial charge in [0.2, 0.25) is 0 Å². The highest BCUT2D eigenvalue weighted by Gasteiger charge is 2.64. The van der Waals surface area contributed by atoms with Gasteiger partial charge in [0.1, 0.15) is 11.9 Å². The molecule has 0 bridgehead atoms. The van der Waals surface area contributed by atoms with Gasteiger partial charge in [-0.3, -0.25) is 9.59 Å². The molecule has 0 spiro atoms. The SMILES string of the molecule is CCOC(=O)[C@@]12CC[C@@H](OC(=O)c3ccccc3)[C@H]3c4cc(OC)ccc4C(=O)N(CC1)[C@H]32. The smallest absolute Gasteiger partial charge is 0.338 e. The molecule has 7 heteroatoms. The summed E-state index contributed by atoms with van der Waals surface area (Å²) < 4.78 is 17.0. The van der Waals surface area contributed by atoms with Crippen LogP contribution in [0.25, 0.3) is 0 Å². The minimum atomic E-state index is -0.799. The van der Waals surface area contributed by atoms with Crippen molar-refractivity contribution < 1.29 is 28.6 Å². The van der Waals surface area contributed by atoms with Crippen molar-refractivity contribution >= 4 is 17.8 Å². The Bertz CT molecular complexity index is 1100. The maximum atomic E-state index is 13.4. The number of hydrogen-bond donors (Lipinski definition) is 0. The van der Waals surface area contributed by atoms with Gasteiger partial charge < -0.3 is 19.1 Å². The van der Waals surface area contributed by atoms with E-state index in [9.17, 15) is 14.4 Å². The maximum absolute atomic E-state index is 13.4. The molecule has 1 saturated carbocycles. The molecule has 1 saturated heterocycles. The third-order valence-corrected chi connectivity index (χ3v) is 7.38. The third kappa shape index (κ3) is 3.29. The van der Waals surface area contributed by atoms with Crippen LogP contribution in [-0.4, -0.2) is 55.2 Å². The van der Waals surface area contributed by atoms with E-state index in [-0.39, 0.29) is 24.4 Å². The average Bonchev–Trinajstić information content (AvgIpc) is 3.25. The van der Waals surface area contributed by atoms with Gasteiger partial charge in [-0.05, 0) is 62.1 Å². The van der Waals surface area contributed by atoms with Gasteiger partial charge in [0, 0.05) is 18.0 Å². The molecule has 1 amide bonds. The Labute approximate surface area is 192 Å². The monoisotopic (exact) mass is 449 g/mol. The lowest BCUT2D eigenvalue weighted by Gasteiger charge is -2.50. The minimum absolute atomic E-state index is 0.102. The van der Waals surface area contributed by atoms with Crippen LogP contribution in [0, 0.1) is 5.41 Å². The van der Waals surface area contributed by atoms with E-state index in [4.69, 9.17) is 14.2 Å². The Morgan fingerprint density at radius 2 is 1.91 bits per heavy atom. The lowest BCUT2D eigenvalue weighted by Crippen LogP contribution is -2.59. The molecule has 2 heterocycles. The van der Waals surface area contributed by atoms with Gasteiger partial charge in [0.15, 0.2) is 0 Å². The van der Waals surface area contributed by atoms with Crippen molar-refractivity contribution in [3.8, 4) is 5.75 Å². The number of methoxy groups -OCH3 is 1. The van der Waals surface area contributed by atoms with Gasteiger partial charge in [-0.2, -0.15) is 0 Å². The number of esters is 2. The molecule has 1 aliphatic carbocycles. The number of rotatable bonds is 5. The topological polar surface area (TPSA) is 82.1 Å². The van der Waals surface area contributed by atoms with Crippen LogP contribution in [0.1, 0.15) is 58.4 Å². The number of benzene rings is 2. The summed E-state index contributed by atoms with van der Waals surface area (Å²) in [4.78, 5) is 41.4. The first-order chi connectivity index (χ1) is 16.0. The summed E-state index contributed by atoms with van der Waals surface area (Å²) in [5.74, 6) is -0.505. The zero-order valence-electron chi connectivity index (χ0n) is 18.8. The number of amides is 1. The Balaban J connectivity index is 1.60. The standard InChI is InChI=1S/C26H27NO6/c1-3-32-25(30)26-12-11-20(33-24(29)16-7-5-4-6-8-16)21-19-15-17(31-2)9-10-18(19)23(28)27(14-13-26)22(21)26/h4-10,15,20-22H,3,11-14H2,1-2H3/t20-,21-,22-,26+/m1/s1. The van der Waals surface area contributed by atoms with Gasteiger partial charge in [0.25, 0.3) is 5.91 Å². The average molecular weight is 450 g/mol. The van der Waals surface area contributed by atoms with Crippen LogP contribution in [0.3, 0.4) is 0 Å². The first-order valence-corrected chi connectivity index (χ1v) is 11.4. The second-order valence-electron chi connectivity index (χ2n) is 8.90. The van der Waals surface area contributed by atoms with Crippen LogP contribution >= 0.6 is 0 Å². The highest BCUT2D eigenvalue weighted by Crippen LogP contribution is 2.57. The van der Waals surface area contributed by atoms with Crippen molar-refractivity contribution in [3.05, 3.63) is 65.2 Å². The van der Waals surface area contributed by atoms with Crippen LogP contribution in [0.2, 0.25) is 0 Å². The molecule has 0 N–H and O–H groups in total. The fourth-order valence-electron chi connectivity index (χ4n) is 5.90. The molecule has 2 aromatic rings. The predicted octanol–water partition coefficient (Wildman–Crippen LogP) is 3.58. The molecule has 172 valence electrons. The van der Waals surface area contributed by atoms with Gasteiger partial charge in [0.05, 0.1) is 30.7 Å². The van der Waals surface area contributed by atoms with Crippen molar-refractivity contribution in [1.82, 2.24) is 4.90 Å². The summed E-state index contributed by atoms with van der Waals surface area (Å²) in [5, 5.41) is 0. The highest BCUT2D eigenvalue weighted by molar-refractivity contribution is 5.99. The molecule has 7 nitrogen and oxygen atoms in total. The normalized spacial score (nSPS) is 27.4. The van der Waals surface area contributed by atoms with Crippen LogP contribution in [0.5, 0.6) is 5.75 Å². The van der Waals surface area contributed by atoms with Crippen molar-refractivity contribution in [2.45, 2.75) is 44.2 Å². The van der Waals surface area contributed by atoms with Crippen molar-refractivity contribution in [2.75, 3.05) is 20.3 Å². The van der Waals surface area contributed by atoms with E-state index in [2.05, 4.69) is 0 Å². The zero-order chi connectivity index (χ0) is 23.2. The lowest BCUT2D eigenvalue weighted by atomic mass is 9.61. The molecular formula is C26H27NO6. The van der Waals surface area contributed by atoms with Crippen LogP contribution in [0.15, 0.2) is 48.5 Å². The number of nitrogens with zero attached hydrogens (tertiary/aromatic N) is 1. The van der Waals surface area contributed by atoms with Crippen LogP contribution in [0.4, 0.5) is 0 Å². The highest BCUT2D eigenvalue weighted by atomic mass is 16.5. The Morgan fingerprint density at radius 3 is 2.64 bits per heavy atom. The molecule has 4 atom stereocenters. The van der Waals surface area contributed by atoms with Gasteiger partial charge >= 0.3 is 11.9 Å². The molecule has 5 rings (SSSR count). The Hall–Kier alpha value is -3.35. The summed E-state index contributed by atoms with van der Waals surface area (Å²) in [7, 11) is 1.57. The first kappa shape index (κ1) is 21.5. The quantitative estimate of drug-likeness (QED) is 0.649. The fourth-order valence-corrected chi connectivity index (χ4v) is 5.90. The van der Waals surface area contributed by atoms with E-state index in [0.717, 1.165) is 5.56 Å². The van der Waals surface area contributed by atoms with Crippen LogP contribution < -0.4 is 4.74 Å². The molecular weight excluding hydrogens is 422 g/mol. The maximum Gasteiger partial charge on any atom is 0.338 e. The summed E-state index contributed by atoms with van der Waals surface area (Å²) in [6.07, 6.45) is 1.08. The van der Waals surface area contributed by atoms with Crippen molar-refractivity contribution in [1.29, 1.82) is 0 Å². The molecule has 0 aromatic heterocycles. The van der Waals surface area contributed by atoms with E-state index >= 15 is 0 Å². The molecule has 2 aromatic carbocycles. The van der Waals surface area contributed by atoms with Gasteiger partial charge in [-0.25, -0.2) is 4.79 Å². The molecule has 2 fully saturated rings. The van der Waals surface area contributed by atoms with Crippen LogP contribution in [-0.2, 0) is 14.3 Å². The largest absolute Gasteiger partial charge is 0.497 e. The molecule has 0 radical (unpaired) electrons. The predicted molar refractivity (Wildman–Crippen MR) is 119 cm³/mol. The number of hydrogen-bond acceptors (Lipinski definition) is 6. The Morgan fingerprint density at radius 1 is 1.12 bits per heavy atom. The first-order valence-electron chi connectivity index (χ1n) is 11.4. The summed E-state index contributed by atoms with van der Waals surface area (Å²) >= 11 is 0. The Kier molecular flexibility index (Phi) is 5.35. The zero-order valence-corrected chi connectivity index (χ0v) is 18.8. The second-order valence-corrected chi connectivity index (χ2v) is 8.90. The van der Waals surface area contributed by atoms with Crippen molar-refractivity contribution in [3.63, 3.8) is 0 Å². The molecule has 0 unspecified atom stereocenters. The minimum Gasteiger partial charge on any atom is -0.497 e. The number of carbonyl (C=O) groups is 3. The molecule has 33 heavy (non-hydrogen) atoms. The summed E-state index contributed by atoms with van der Waals surface area (Å²) in [6, 6.07) is 13.8. The van der Waals surface area contributed by atoms with Gasteiger partial charge in [-0.1, -0.05) is 18.2 Å². The van der Waals surface area contributed by atoms with E-state index < -0.39 is 23.5 Å². The van der Waals surface area contributed by atoms with E-state index in [1.165, 1.54) is 0 Å². The van der Waals surface area contributed by atoms with E-state index in [0.29, 0.717) is 42.7 Å². The number of carbonyl (C=O) groups excluding carboxylic acids is 3. The summed E-state index contributed by atoms with van der Waals surface area (Å²) in [5.41, 5.74) is 1.01.